The molecule has 1 aromatic heterocycles. The van der Waals surface area contributed by atoms with Gasteiger partial charge in [-0.3, -0.25) is 5.84 Å². The van der Waals surface area contributed by atoms with E-state index in [1.165, 1.54) is 33.7 Å². The van der Waals surface area contributed by atoms with Gasteiger partial charge in [0.1, 0.15) is 0 Å². The molecule has 0 spiro atoms. The smallest absolute Gasteiger partial charge is 0.0802 e. The zero-order valence-corrected chi connectivity index (χ0v) is 13.3. The highest BCUT2D eigenvalue weighted by atomic mass is 32.2. The van der Waals surface area contributed by atoms with Gasteiger partial charge in [-0.1, -0.05) is 31.2 Å². The van der Waals surface area contributed by atoms with Crippen molar-refractivity contribution < 1.29 is 0 Å². The number of thioether (sulfide) groups is 1. The SMILES string of the molecule is CCc1ccc(C(NN)c2cc3c(s2)CCSC3)cc1. The van der Waals surface area contributed by atoms with E-state index in [2.05, 4.69) is 42.7 Å². The Bertz CT molecular complexity index is 551. The second kappa shape index (κ2) is 6.31. The fourth-order valence-corrected chi connectivity index (χ4v) is 5.07. The predicted molar refractivity (Wildman–Crippen MR) is 89.2 cm³/mol. The van der Waals surface area contributed by atoms with E-state index in [0.717, 1.165) is 12.2 Å². The number of hydrogen-bond acceptors (Lipinski definition) is 4. The average molecular weight is 304 g/mol. The fraction of sp³-hybridized carbons (Fsp3) is 0.375. The Morgan fingerprint density at radius 1 is 1.30 bits per heavy atom. The third-order valence-electron chi connectivity index (χ3n) is 3.82. The molecular weight excluding hydrogens is 284 g/mol. The van der Waals surface area contributed by atoms with Crippen molar-refractivity contribution in [3.05, 3.63) is 56.8 Å². The lowest BCUT2D eigenvalue weighted by molar-refractivity contribution is 0.646. The van der Waals surface area contributed by atoms with Gasteiger partial charge in [0.05, 0.1) is 6.04 Å². The molecule has 0 bridgehead atoms. The van der Waals surface area contributed by atoms with E-state index in [1.807, 2.05) is 23.1 Å². The Hall–Kier alpha value is -0.810. The molecule has 0 amide bonds. The minimum atomic E-state index is 0.113. The fourth-order valence-electron chi connectivity index (χ4n) is 2.60. The lowest BCUT2D eigenvalue weighted by Gasteiger charge is -2.15. The van der Waals surface area contributed by atoms with Gasteiger partial charge in [0.15, 0.2) is 0 Å². The largest absolute Gasteiger partial charge is 0.271 e. The highest BCUT2D eigenvalue weighted by Gasteiger charge is 2.19. The summed E-state index contributed by atoms with van der Waals surface area (Å²) in [5.41, 5.74) is 7.10. The summed E-state index contributed by atoms with van der Waals surface area (Å²) in [7, 11) is 0. The molecule has 2 nitrogen and oxygen atoms in total. The van der Waals surface area contributed by atoms with Crippen LogP contribution < -0.4 is 11.3 Å². The molecule has 0 aliphatic carbocycles. The lowest BCUT2D eigenvalue weighted by atomic mass is 10.0. The van der Waals surface area contributed by atoms with Gasteiger partial charge in [-0.05, 0) is 41.4 Å². The second-order valence-corrected chi connectivity index (χ2v) is 7.37. The molecule has 106 valence electrons. The number of rotatable bonds is 4. The van der Waals surface area contributed by atoms with Crippen LogP contribution in [-0.2, 0) is 18.6 Å². The molecule has 0 saturated carbocycles. The zero-order chi connectivity index (χ0) is 13.9. The summed E-state index contributed by atoms with van der Waals surface area (Å²) in [5.74, 6) is 8.22. The van der Waals surface area contributed by atoms with Crippen LogP contribution in [0.4, 0.5) is 0 Å². The van der Waals surface area contributed by atoms with Gasteiger partial charge in [-0.15, -0.1) is 11.3 Å². The highest BCUT2D eigenvalue weighted by Crippen LogP contribution is 2.36. The van der Waals surface area contributed by atoms with Gasteiger partial charge < -0.3 is 0 Å². The minimum Gasteiger partial charge on any atom is -0.271 e. The third kappa shape index (κ3) is 2.79. The van der Waals surface area contributed by atoms with Crippen LogP contribution in [0.15, 0.2) is 30.3 Å². The molecule has 4 heteroatoms. The monoisotopic (exact) mass is 304 g/mol. The van der Waals surface area contributed by atoms with Crippen molar-refractivity contribution >= 4 is 23.1 Å². The summed E-state index contributed by atoms with van der Waals surface area (Å²) in [6, 6.07) is 11.2. The topological polar surface area (TPSA) is 38.0 Å². The quantitative estimate of drug-likeness (QED) is 0.669. The van der Waals surface area contributed by atoms with Crippen LogP contribution >= 0.6 is 23.1 Å². The molecule has 20 heavy (non-hydrogen) atoms. The molecule has 1 unspecified atom stereocenters. The predicted octanol–water partition coefficient (Wildman–Crippen LogP) is 3.65. The Balaban J connectivity index is 1.90. The molecule has 0 fully saturated rings. The van der Waals surface area contributed by atoms with E-state index >= 15 is 0 Å². The molecule has 0 radical (unpaired) electrons. The zero-order valence-electron chi connectivity index (χ0n) is 11.7. The van der Waals surface area contributed by atoms with Crippen LogP contribution in [0.3, 0.4) is 0 Å². The average Bonchev–Trinajstić information content (AvgIpc) is 2.92. The molecule has 0 saturated heterocycles. The summed E-state index contributed by atoms with van der Waals surface area (Å²) in [6.45, 7) is 2.18. The van der Waals surface area contributed by atoms with Crippen molar-refractivity contribution in [2.75, 3.05) is 5.75 Å². The third-order valence-corrected chi connectivity index (χ3v) is 6.13. The summed E-state index contributed by atoms with van der Waals surface area (Å²) >= 11 is 3.94. The number of aryl methyl sites for hydroxylation is 2. The molecule has 2 heterocycles. The van der Waals surface area contributed by atoms with E-state index in [0.29, 0.717) is 0 Å². The Labute approximate surface area is 128 Å². The number of hydrogen-bond donors (Lipinski definition) is 2. The lowest BCUT2D eigenvalue weighted by Crippen LogP contribution is -2.28. The van der Waals surface area contributed by atoms with Crippen molar-refractivity contribution in [1.82, 2.24) is 5.43 Å². The first-order chi connectivity index (χ1) is 9.81. The van der Waals surface area contributed by atoms with Gasteiger partial charge in [0, 0.05) is 15.5 Å². The van der Waals surface area contributed by atoms with Gasteiger partial charge in [-0.2, -0.15) is 11.8 Å². The van der Waals surface area contributed by atoms with Crippen molar-refractivity contribution in [2.45, 2.75) is 31.6 Å². The maximum absolute atomic E-state index is 5.82. The van der Waals surface area contributed by atoms with Crippen molar-refractivity contribution in [3.63, 3.8) is 0 Å². The first-order valence-corrected chi connectivity index (χ1v) is 9.03. The normalized spacial score (nSPS) is 15.9. The van der Waals surface area contributed by atoms with Gasteiger partial charge in [0.2, 0.25) is 0 Å². The Morgan fingerprint density at radius 3 is 2.75 bits per heavy atom. The van der Waals surface area contributed by atoms with Crippen molar-refractivity contribution in [2.24, 2.45) is 5.84 Å². The van der Waals surface area contributed by atoms with E-state index in [9.17, 15) is 0 Å². The Morgan fingerprint density at radius 2 is 2.10 bits per heavy atom. The molecule has 2 aromatic rings. The molecule has 1 atom stereocenters. The summed E-state index contributed by atoms with van der Waals surface area (Å²) in [6.07, 6.45) is 2.28. The van der Waals surface area contributed by atoms with E-state index in [1.54, 1.807) is 4.88 Å². The van der Waals surface area contributed by atoms with Gasteiger partial charge >= 0.3 is 0 Å². The van der Waals surface area contributed by atoms with E-state index in [-0.39, 0.29) is 6.04 Å². The second-order valence-electron chi connectivity index (χ2n) is 5.09. The summed E-state index contributed by atoms with van der Waals surface area (Å²) in [5, 5.41) is 0. The number of benzene rings is 1. The first kappa shape index (κ1) is 14.1. The molecule has 1 aromatic carbocycles. The number of hydrazine groups is 1. The number of nitrogens with two attached hydrogens (primary N) is 1. The van der Waals surface area contributed by atoms with E-state index in [4.69, 9.17) is 5.84 Å². The van der Waals surface area contributed by atoms with Crippen molar-refractivity contribution in [3.8, 4) is 0 Å². The van der Waals surface area contributed by atoms with Crippen LogP contribution in [0.2, 0.25) is 0 Å². The van der Waals surface area contributed by atoms with Gasteiger partial charge in [0.25, 0.3) is 0 Å². The van der Waals surface area contributed by atoms with E-state index < -0.39 is 0 Å². The maximum atomic E-state index is 5.82. The highest BCUT2D eigenvalue weighted by molar-refractivity contribution is 7.98. The van der Waals surface area contributed by atoms with Crippen LogP contribution in [0.5, 0.6) is 0 Å². The summed E-state index contributed by atoms with van der Waals surface area (Å²) in [4.78, 5) is 2.88. The molecule has 1 aliphatic rings. The summed E-state index contributed by atoms with van der Waals surface area (Å²) < 4.78 is 0. The van der Waals surface area contributed by atoms with Crippen LogP contribution in [0.25, 0.3) is 0 Å². The first-order valence-electron chi connectivity index (χ1n) is 7.06. The molecule has 1 aliphatic heterocycles. The number of nitrogens with one attached hydrogen (secondary N) is 1. The minimum absolute atomic E-state index is 0.113. The molecule has 3 N–H and O–H groups in total. The standard InChI is InChI=1S/C16H20N2S2/c1-2-11-3-5-12(6-4-11)16(18-17)15-9-13-10-19-8-7-14(13)20-15/h3-6,9,16,18H,2,7-8,10,17H2,1H3. The molecular formula is C16H20N2S2. The number of fused-ring (bicyclic) bond motifs is 1. The maximum Gasteiger partial charge on any atom is 0.0802 e. The van der Waals surface area contributed by atoms with Crippen LogP contribution in [-0.4, -0.2) is 5.75 Å². The number of thiophene rings is 1. The van der Waals surface area contributed by atoms with Crippen LogP contribution in [0, 0.1) is 0 Å². The van der Waals surface area contributed by atoms with Gasteiger partial charge in [-0.25, -0.2) is 5.43 Å². The Kier molecular flexibility index (Phi) is 4.46. The van der Waals surface area contributed by atoms with Crippen LogP contribution in [0.1, 0.15) is 39.4 Å². The molecule has 3 rings (SSSR count). The van der Waals surface area contributed by atoms with Crippen molar-refractivity contribution in [1.29, 1.82) is 0 Å².